The van der Waals surface area contributed by atoms with Gasteiger partial charge in [-0.3, -0.25) is 0 Å². The lowest BCUT2D eigenvalue weighted by molar-refractivity contribution is 0.392. The zero-order valence-electron chi connectivity index (χ0n) is 13.2. The summed E-state index contributed by atoms with van der Waals surface area (Å²) in [5.41, 5.74) is 1.94. The fraction of sp³-hybridized carbons (Fsp3) is 0.467. The molecule has 0 N–H and O–H groups in total. The van der Waals surface area contributed by atoms with Crippen LogP contribution in [0.15, 0.2) is 32.8 Å². The minimum atomic E-state index is -3.39. The van der Waals surface area contributed by atoms with E-state index in [9.17, 15) is 8.42 Å². The number of aryl methyl sites for hydroxylation is 2. The first kappa shape index (κ1) is 16.5. The summed E-state index contributed by atoms with van der Waals surface area (Å²) in [6.07, 6.45) is 3.30. The SMILES string of the molecule is Cc1noc(C)c1CSc1ccc(S(=O)(=O)N2CCCC2)cn1. The fourth-order valence-electron chi connectivity index (χ4n) is 2.54. The molecule has 0 aliphatic carbocycles. The molecule has 0 bridgehead atoms. The number of pyridine rings is 1. The highest BCUT2D eigenvalue weighted by Crippen LogP contribution is 2.26. The molecule has 23 heavy (non-hydrogen) atoms. The number of aromatic nitrogens is 2. The molecule has 0 amide bonds. The summed E-state index contributed by atoms with van der Waals surface area (Å²) in [6.45, 7) is 5.00. The molecule has 0 unspecified atom stereocenters. The summed E-state index contributed by atoms with van der Waals surface area (Å²) in [7, 11) is -3.39. The molecular formula is C15H19N3O3S2. The standard InChI is InChI=1S/C15H19N3O3S2/c1-11-14(12(2)21-17-11)10-22-15-6-5-13(9-16-15)23(19,20)18-7-3-4-8-18/h5-6,9H,3-4,7-8,10H2,1-2H3. The Balaban J connectivity index is 1.70. The highest BCUT2D eigenvalue weighted by atomic mass is 32.2. The van der Waals surface area contributed by atoms with E-state index in [1.54, 1.807) is 12.1 Å². The van der Waals surface area contributed by atoms with Crippen LogP contribution in [0.2, 0.25) is 0 Å². The zero-order valence-corrected chi connectivity index (χ0v) is 14.8. The second kappa shape index (κ2) is 6.62. The molecule has 0 atom stereocenters. The van der Waals surface area contributed by atoms with Gasteiger partial charge in [-0.05, 0) is 38.8 Å². The molecule has 2 aromatic heterocycles. The summed E-state index contributed by atoms with van der Waals surface area (Å²) in [5.74, 6) is 1.51. The normalized spacial score (nSPS) is 16.1. The molecule has 8 heteroatoms. The van der Waals surface area contributed by atoms with E-state index in [2.05, 4.69) is 10.1 Å². The van der Waals surface area contributed by atoms with E-state index < -0.39 is 10.0 Å². The van der Waals surface area contributed by atoms with Gasteiger partial charge in [-0.25, -0.2) is 13.4 Å². The molecule has 1 aliphatic heterocycles. The predicted molar refractivity (Wildman–Crippen MR) is 87.8 cm³/mol. The predicted octanol–water partition coefficient (Wildman–Crippen LogP) is 2.76. The Morgan fingerprint density at radius 1 is 1.26 bits per heavy atom. The van der Waals surface area contributed by atoms with Crippen molar-refractivity contribution in [1.29, 1.82) is 0 Å². The molecule has 0 aromatic carbocycles. The molecule has 6 nitrogen and oxygen atoms in total. The van der Waals surface area contributed by atoms with Crippen LogP contribution >= 0.6 is 11.8 Å². The van der Waals surface area contributed by atoms with E-state index in [-0.39, 0.29) is 4.90 Å². The van der Waals surface area contributed by atoms with Gasteiger partial charge in [-0.1, -0.05) is 5.16 Å². The highest BCUT2D eigenvalue weighted by Gasteiger charge is 2.27. The van der Waals surface area contributed by atoms with Crippen LogP contribution in [0.1, 0.15) is 29.9 Å². The molecule has 0 saturated carbocycles. The Hall–Kier alpha value is -1.38. The van der Waals surface area contributed by atoms with Gasteiger partial charge >= 0.3 is 0 Å². The smallest absolute Gasteiger partial charge is 0.244 e. The van der Waals surface area contributed by atoms with Crippen molar-refractivity contribution >= 4 is 21.8 Å². The van der Waals surface area contributed by atoms with Crippen LogP contribution in [0.5, 0.6) is 0 Å². The molecular weight excluding hydrogens is 334 g/mol. The van der Waals surface area contributed by atoms with Crippen molar-refractivity contribution in [1.82, 2.24) is 14.4 Å². The Morgan fingerprint density at radius 3 is 2.57 bits per heavy atom. The Bertz CT molecular complexity index is 759. The molecule has 124 valence electrons. The topological polar surface area (TPSA) is 76.3 Å². The molecule has 3 heterocycles. The number of thioether (sulfide) groups is 1. The van der Waals surface area contributed by atoms with E-state index >= 15 is 0 Å². The van der Waals surface area contributed by atoms with E-state index in [0.29, 0.717) is 18.8 Å². The van der Waals surface area contributed by atoms with Crippen LogP contribution in [0.3, 0.4) is 0 Å². The number of hydrogen-bond acceptors (Lipinski definition) is 6. The van der Waals surface area contributed by atoms with Crippen LogP contribution in [0, 0.1) is 13.8 Å². The van der Waals surface area contributed by atoms with Crippen molar-refractivity contribution in [2.45, 2.75) is 42.4 Å². The third kappa shape index (κ3) is 3.44. The van der Waals surface area contributed by atoms with E-state index in [1.165, 1.54) is 22.3 Å². The van der Waals surface area contributed by atoms with Gasteiger partial charge in [0.1, 0.15) is 10.7 Å². The molecule has 0 radical (unpaired) electrons. The van der Waals surface area contributed by atoms with Crippen molar-refractivity contribution in [3.8, 4) is 0 Å². The molecule has 3 rings (SSSR count). The maximum absolute atomic E-state index is 12.4. The molecule has 2 aromatic rings. The molecule has 0 spiro atoms. The first-order chi connectivity index (χ1) is 11.0. The summed E-state index contributed by atoms with van der Waals surface area (Å²) in [4.78, 5) is 4.55. The molecule has 1 fully saturated rings. The van der Waals surface area contributed by atoms with Crippen molar-refractivity contribution in [3.05, 3.63) is 35.3 Å². The van der Waals surface area contributed by atoms with Gasteiger partial charge in [0.15, 0.2) is 0 Å². The van der Waals surface area contributed by atoms with Gasteiger partial charge in [-0.2, -0.15) is 4.31 Å². The second-order valence-electron chi connectivity index (χ2n) is 5.53. The number of hydrogen-bond donors (Lipinski definition) is 0. The van der Waals surface area contributed by atoms with E-state index in [0.717, 1.165) is 34.9 Å². The molecule has 1 aliphatic rings. The quantitative estimate of drug-likeness (QED) is 0.769. The number of rotatable bonds is 5. The Morgan fingerprint density at radius 2 is 2.00 bits per heavy atom. The van der Waals surface area contributed by atoms with Crippen molar-refractivity contribution in [2.24, 2.45) is 0 Å². The van der Waals surface area contributed by atoms with Crippen LogP contribution < -0.4 is 0 Å². The zero-order chi connectivity index (χ0) is 16.4. The fourth-order valence-corrected chi connectivity index (χ4v) is 5.00. The first-order valence-corrected chi connectivity index (χ1v) is 9.92. The first-order valence-electron chi connectivity index (χ1n) is 7.49. The van der Waals surface area contributed by atoms with Gasteiger partial charge in [0.05, 0.1) is 10.7 Å². The van der Waals surface area contributed by atoms with Crippen LogP contribution in [-0.4, -0.2) is 36.0 Å². The Kier molecular flexibility index (Phi) is 4.74. The van der Waals surface area contributed by atoms with Crippen molar-refractivity contribution in [2.75, 3.05) is 13.1 Å². The van der Waals surface area contributed by atoms with Gasteiger partial charge in [0.2, 0.25) is 10.0 Å². The minimum absolute atomic E-state index is 0.265. The van der Waals surface area contributed by atoms with Crippen LogP contribution in [0.25, 0.3) is 0 Å². The van der Waals surface area contributed by atoms with Gasteiger partial charge in [0, 0.05) is 30.6 Å². The molecule has 1 saturated heterocycles. The lowest BCUT2D eigenvalue weighted by Crippen LogP contribution is -2.27. The Labute approximate surface area is 140 Å². The second-order valence-corrected chi connectivity index (χ2v) is 8.47. The summed E-state index contributed by atoms with van der Waals surface area (Å²) < 4.78 is 31.5. The van der Waals surface area contributed by atoms with Crippen molar-refractivity contribution < 1.29 is 12.9 Å². The lowest BCUT2D eigenvalue weighted by Gasteiger charge is -2.15. The van der Waals surface area contributed by atoms with Gasteiger partial charge in [-0.15, -0.1) is 11.8 Å². The maximum atomic E-state index is 12.4. The highest BCUT2D eigenvalue weighted by molar-refractivity contribution is 7.98. The minimum Gasteiger partial charge on any atom is -0.361 e. The number of sulfonamides is 1. The summed E-state index contributed by atoms with van der Waals surface area (Å²) in [5, 5.41) is 4.71. The van der Waals surface area contributed by atoms with Crippen LogP contribution in [0.4, 0.5) is 0 Å². The largest absolute Gasteiger partial charge is 0.361 e. The lowest BCUT2D eigenvalue weighted by atomic mass is 10.2. The summed E-state index contributed by atoms with van der Waals surface area (Å²) >= 11 is 1.54. The third-order valence-electron chi connectivity index (χ3n) is 3.96. The monoisotopic (exact) mass is 353 g/mol. The average molecular weight is 353 g/mol. The van der Waals surface area contributed by atoms with Crippen molar-refractivity contribution in [3.63, 3.8) is 0 Å². The summed E-state index contributed by atoms with van der Waals surface area (Å²) in [6, 6.07) is 3.39. The third-order valence-corrected chi connectivity index (χ3v) is 6.81. The van der Waals surface area contributed by atoms with E-state index in [4.69, 9.17) is 4.52 Å². The van der Waals surface area contributed by atoms with E-state index in [1.807, 2.05) is 13.8 Å². The van der Waals surface area contributed by atoms with Gasteiger partial charge in [0.25, 0.3) is 0 Å². The van der Waals surface area contributed by atoms with Gasteiger partial charge < -0.3 is 4.52 Å². The maximum Gasteiger partial charge on any atom is 0.244 e. The average Bonchev–Trinajstić information content (AvgIpc) is 3.18. The van der Waals surface area contributed by atoms with Crippen LogP contribution in [-0.2, 0) is 15.8 Å². The number of nitrogens with zero attached hydrogens (tertiary/aromatic N) is 3.